The predicted molar refractivity (Wildman–Crippen MR) is 80.7 cm³/mol. The van der Waals surface area contributed by atoms with Gasteiger partial charge in [0, 0.05) is 5.56 Å². The van der Waals surface area contributed by atoms with Crippen molar-refractivity contribution < 1.29 is 28.2 Å². The molecule has 0 saturated carbocycles. The minimum atomic E-state index is -4.66. The molecule has 0 unspecified atom stereocenters. The number of carbonyl (C=O) groups excluding carboxylic acids is 1. The average Bonchev–Trinajstić information content (AvgIpc) is 2.47. The van der Waals surface area contributed by atoms with Gasteiger partial charge in [0.15, 0.2) is 0 Å². The molecule has 126 valence electrons. The molecule has 5 nitrogen and oxygen atoms in total. The lowest BCUT2D eigenvalue weighted by Crippen LogP contribution is -2.20. The number of amides is 1. The maximum absolute atomic E-state index is 12.9. The van der Waals surface area contributed by atoms with Crippen molar-refractivity contribution in [2.24, 2.45) is 5.10 Å². The van der Waals surface area contributed by atoms with Crippen LogP contribution in [0.3, 0.4) is 0 Å². The third kappa shape index (κ3) is 4.73. The summed E-state index contributed by atoms with van der Waals surface area (Å²) in [7, 11) is 0. The number of nitrogens with zero attached hydrogens (tertiary/aromatic N) is 1. The number of benzene rings is 2. The molecular weight excluding hydrogens is 325 g/mol. The van der Waals surface area contributed by atoms with Crippen LogP contribution in [-0.2, 0) is 17.4 Å². The van der Waals surface area contributed by atoms with Crippen LogP contribution in [0.1, 0.15) is 16.7 Å². The first-order valence-electron chi connectivity index (χ1n) is 6.76. The van der Waals surface area contributed by atoms with E-state index in [0.717, 1.165) is 18.3 Å². The maximum Gasteiger partial charge on any atom is 0.417 e. The molecule has 1 amide bonds. The number of nitrogens with one attached hydrogen (secondary N) is 1. The molecule has 8 heteroatoms. The van der Waals surface area contributed by atoms with Crippen molar-refractivity contribution >= 4 is 12.1 Å². The summed E-state index contributed by atoms with van der Waals surface area (Å²) < 4.78 is 38.6. The van der Waals surface area contributed by atoms with Gasteiger partial charge in [-0.05, 0) is 35.9 Å². The van der Waals surface area contributed by atoms with Gasteiger partial charge in [0.05, 0.1) is 18.2 Å². The fourth-order valence-electron chi connectivity index (χ4n) is 1.97. The van der Waals surface area contributed by atoms with E-state index < -0.39 is 23.4 Å². The van der Waals surface area contributed by atoms with Crippen LogP contribution in [-0.4, -0.2) is 22.3 Å². The van der Waals surface area contributed by atoms with Crippen molar-refractivity contribution in [2.45, 2.75) is 12.6 Å². The normalized spacial score (nSPS) is 11.6. The summed E-state index contributed by atoms with van der Waals surface area (Å²) in [6.45, 7) is 0. The van der Waals surface area contributed by atoms with E-state index in [0.29, 0.717) is 11.6 Å². The molecule has 0 fully saturated rings. The van der Waals surface area contributed by atoms with Crippen LogP contribution in [0.5, 0.6) is 11.5 Å². The second-order valence-corrected chi connectivity index (χ2v) is 4.91. The lowest BCUT2D eigenvalue weighted by Gasteiger charge is -2.10. The highest BCUT2D eigenvalue weighted by atomic mass is 19.4. The fraction of sp³-hybridized carbons (Fsp3) is 0.125. The third-order valence-corrected chi connectivity index (χ3v) is 3.01. The Balaban J connectivity index is 2.05. The highest BCUT2D eigenvalue weighted by Gasteiger charge is 2.33. The van der Waals surface area contributed by atoms with E-state index in [4.69, 9.17) is 5.11 Å². The second kappa shape index (κ2) is 7.03. The van der Waals surface area contributed by atoms with Gasteiger partial charge in [-0.25, -0.2) is 5.43 Å². The Morgan fingerprint density at radius 3 is 2.50 bits per heavy atom. The van der Waals surface area contributed by atoms with Crippen molar-refractivity contribution in [3.05, 3.63) is 59.2 Å². The Morgan fingerprint density at radius 2 is 1.83 bits per heavy atom. The molecule has 0 bridgehead atoms. The summed E-state index contributed by atoms with van der Waals surface area (Å²) in [5.41, 5.74) is 1.29. The van der Waals surface area contributed by atoms with E-state index in [-0.39, 0.29) is 17.7 Å². The quantitative estimate of drug-likeness (QED) is 0.592. The number of rotatable bonds is 4. The maximum atomic E-state index is 12.9. The number of halogens is 3. The van der Waals surface area contributed by atoms with Crippen molar-refractivity contribution in [1.29, 1.82) is 0 Å². The highest BCUT2D eigenvalue weighted by Crippen LogP contribution is 2.33. The lowest BCUT2D eigenvalue weighted by atomic mass is 10.1. The van der Waals surface area contributed by atoms with Gasteiger partial charge in [0.2, 0.25) is 5.91 Å². The molecule has 0 spiro atoms. The minimum absolute atomic E-state index is 0.00251. The summed E-state index contributed by atoms with van der Waals surface area (Å²) >= 11 is 0. The monoisotopic (exact) mass is 338 g/mol. The van der Waals surface area contributed by atoms with E-state index in [1.165, 1.54) is 12.1 Å². The number of alkyl halides is 3. The van der Waals surface area contributed by atoms with Gasteiger partial charge in [-0.15, -0.1) is 0 Å². The Labute approximate surface area is 135 Å². The van der Waals surface area contributed by atoms with Crippen LogP contribution in [0.25, 0.3) is 0 Å². The smallest absolute Gasteiger partial charge is 0.417 e. The largest absolute Gasteiger partial charge is 0.508 e. The number of phenolic OH excluding ortho intramolecular Hbond substituents is 2. The van der Waals surface area contributed by atoms with E-state index in [1.807, 2.05) is 0 Å². The molecule has 0 aliphatic rings. The van der Waals surface area contributed by atoms with Gasteiger partial charge >= 0.3 is 6.18 Å². The summed E-state index contributed by atoms with van der Waals surface area (Å²) in [5, 5.41) is 22.0. The zero-order valence-corrected chi connectivity index (χ0v) is 12.2. The molecule has 24 heavy (non-hydrogen) atoms. The van der Waals surface area contributed by atoms with Crippen LogP contribution >= 0.6 is 0 Å². The first-order chi connectivity index (χ1) is 11.3. The number of carbonyl (C=O) groups is 1. The van der Waals surface area contributed by atoms with Gasteiger partial charge in [0.1, 0.15) is 11.5 Å². The SMILES string of the molecule is O=C(Cc1cccc(O)c1)NN=Cc1ccc(O)cc1C(F)(F)F. The molecule has 0 radical (unpaired) electrons. The van der Waals surface area contributed by atoms with Crippen LogP contribution in [0.4, 0.5) is 13.2 Å². The number of aromatic hydroxyl groups is 2. The van der Waals surface area contributed by atoms with Crippen LogP contribution in [0, 0.1) is 0 Å². The number of hydrogen-bond acceptors (Lipinski definition) is 4. The minimum Gasteiger partial charge on any atom is -0.508 e. The Bertz CT molecular complexity index is 773. The van der Waals surface area contributed by atoms with Crippen molar-refractivity contribution in [1.82, 2.24) is 5.43 Å². The number of hydrogen-bond donors (Lipinski definition) is 3. The van der Waals surface area contributed by atoms with Crippen molar-refractivity contribution in [3.63, 3.8) is 0 Å². The molecule has 0 aliphatic heterocycles. The molecular formula is C16H13F3N2O3. The van der Waals surface area contributed by atoms with Gasteiger partial charge < -0.3 is 10.2 Å². The Hall–Kier alpha value is -3.03. The molecule has 0 aliphatic carbocycles. The van der Waals surface area contributed by atoms with Gasteiger partial charge in [-0.1, -0.05) is 12.1 Å². The summed E-state index contributed by atoms with van der Waals surface area (Å²) in [6.07, 6.45) is -3.90. The predicted octanol–water partition coefficient (Wildman–Crippen LogP) is 2.81. The standard InChI is InChI=1S/C16H13F3N2O3/c17-16(18,19)14-8-13(23)5-4-11(14)9-20-21-15(24)7-10-2-1-3-12(22)6-10/h1-6,8-9,22-23H,7H2,(H,21,24). The number of phenols is 2. The van der Waals surface area contributed by atoms with Gasteiger partial charge in [0.25, 0.3) is 0 Å². The van der Waals surface area contributed by atoms with E-state index in [9.17, 15) is 23.1 Å². The average molecular weight is 338 g/mol. The highest BCUT2D eigenvalue weighted by molar-refractivity contribution is 5.85. The van der Waals surface area contributed by atoms with Gasteiger partial charge in [-0.2, -0.15) is 18.3 Å². The first kappa shape index (κ1) is 17.3. The summed E-state index contributed by atoms with van der Waals surface area (Å²) in [4.78, 5) is 11.7. The van der Waals surface area contributed by atoms with Gasteiger partial charge in [-0.3, -0.25) is 4.79 Å². The Morgan fingerprint density at radius 1 is 1.12 bits per heavy atom. The zero-order chi connectivity index (χ0) is 17.7. The molecule has 0 saturated heterocycles. The van der Waals surface area contributed by atoms with Crippen LogP contribution < -0.4 is 5.43 Å². The Kier molecular flexibility index (Phi) is 5.08. The first-order valence-corrected chi connectivity index (χ1v) is 6.76. The molecule has 0 atom stereocenters. The zero-order valence-electron chi connectivity index (χ0n) is 12.2. The summed E-state index contributed by atoms with van der Waals surface area (Å²) in [6, 6.07) is 8.73. The van der Waals surface area contributed by atoms with Crippen LogP contribution in [0.2, 0.25) is 0 Å². The third-order valence-electron chi connectivity index (χ3n) is 3.01. The van der Waals surface area contributed by atoms with E-state index >= 15 is 0 Å². The summed E-state index contributed by atoms with van der Waals surface area (Å²) in [5.74, 6) is -1.07. The molecule has 0 aromatic heterocycles. The van der Waals surface area contributed by atoms with Crippen molar-refractivity contribution in [3.8, 4) is 11.5 Å². The fourth-order valence-corrected chi connectivity index (χ4v) is 1.97. The van der Waals surface area contributed by atoms with Crippen molar-refractivity contribution in [2.75, 3.05) is 0 Å². The lowest BCUT2D eigenvalue weighted by molar-refractivity contribution is -0.137. The molecule has 2 rings (SSSR count). The number of hydrazone groups is 1. The molecule has 2 aromatic carbocycles. The topological polar surface area (TPSA) is 81.9 Å². The van der Waals surface area contributed by atoms with Crippen LogP contribution in [0.15, 0.2) is 47.6 Å². The van der Waals surface area contributed by atoms with E-state index in [1.54, 1.807) is 12.1 Å². The molecule has 2 aromatic rings. The van der Waals surface area contributed by atoms with E-state index in [2.05, 4.69) is 10.5 Å². The second-order valence-electron chi connectivity index (χ2n) is 4.91. The molecule has 0 heterocycles. The molecule has 3 N–H and O–H groups in total.